The number of hydrogen-bond donors (Lipinski definition) is 0. The Morgan fingerprint density at radius 1 is 0.550 bits per heavy atom. The molecule has 0 unspecified atom stereocenters. The maximum Gasteiger partial charge on any atom is -0.0132 e. The molecule has 20 heavy (non-hydrogen) atoms. The van der Waals surface area contributed by atoms with Crippen molar-refractivity contribution in [3.63, 3.8) is 0 Å². The predicted octanol–water partition coefficient (Wildman–Crippen LogP) is 6.70. The van der Waals surface area contributed by atoms with E-state index in [2.05, 4.69) is 69.3 Å². The first-order chi connectivity index (χ1) is 9.57. The van der Waals surface area contributed by atoms with Crippen molar-refractivity contribution >= 4 is 0 Å². The Morgan fingerprint density at radius 2 is 0.950 bits per heavy atom. The maximum absolute atomic E-state index is 2.24. The Labute approximate surface area is 125 Å². The van der Waals surface area contributed by atoms with E-state index in [1.165, 1.54) is 16.7 Å². The van der Waals surface area contributed by atoms with E-state index >= 15 is 0 Å². The third kappa shape index (κ3) is 5.61. The highest BCUT2D eigenvalue weighted by Gasteiger charge is 2.12. The lowest BCUT2D eigenvalue weighted by molar-refractivity contribution is 0.590. The molecule has 0 N–H and O–H groups in total. The van der Waals surface area contributed by atoms with E-state index in [1.807, 2.05) is 33.8 Å². The third-order valence-electron chi connectivity index (χ3n) is 2.86. The van der Waals surface area contributed by atoms with Gasteiger partial charge in [-0.3, -0.25) is 0 Å². The first-order valence-corrected chi connectivity index (χ1v) is 7.73. The molecule has 0 fully saturated rings. The van der Waals surface area contributed by atoms with Crippen LogP contribution in [0, 0.1) is 0 Å². The zero-order valence-electron chi connectivity index (χ0n) is 14.2. The quantitative estimate of drug-likeness (QED) is 0.540. The minimum Gasteiger partial charge on any atom is -0.0683 e. The highest BCUT2D eigenvalue weighted by atomic mass is 14.2. The fourth-order valence-electron chi connectivity index (χ4n) is 1.79. The Kier molecular flexibility index (Phi) is 8.63. The molecule has 0 heteroatoms. The monoisotopic (exact) mass is 270 g/mol. The highest BCUT2D eigenvalue weighted by molar-refractivity contribution is 5.63. The van der Waals surface area contributed by atoms with Gasteiger partial charge in [-0.25, -0.2) is 0 Å². The van der Waals surface area contributed by atoms with Gasteiger partial charge < -0.3 is 0 Å². The molecule has 0 aliphatic rings. The van der Waals surface area contributed by atoms with Crippen LogP contribution < -0.4 is 0 Å². The summed E-state index contributed by atoms with van der Waals surface area (Å²) in [5, 5.41) is 0. The van der Waals surface area contributed by atoms with Gasteiger partial charge >= 0.3 is 0 Å². The zero-order valence-corrected chi connectivity index (χ0v) is 14.2. The van der Waals surface area contributed by atoms with Gasteiger partial charge in [0.05, 0.1) is 0 Å². The van der Waals surface area contributed by atoms with Gasteiger partial charge in [0, 0.05) is 0 Å². The van der Waals surface area contributed by atoms with E-state index in [-0.39, 0.29) is 5.41 Å². The minimum absolute atomic E-state index is 0.231. The summed E-state index contributed by atoms with van der Waals surface area (Å²) in [6.07, 6.45) is 0. The van der Waals surface area contributed by atoms with Gasteiger partial charge in [-0.05, 0) is 22.1 Å². The molecule has 0 atom stereocenters. The number of benzene rings is 2. The van der Waals surface area contributed by atoms with Gasteiger partial charge in [0.2, 0.25) is 0 Å². The van der Waals surface area contributed by atoms with E-state index in [0.29, 0.717) is 0 Å². The van der Waals surface area contributed by atoms with Crippen molar-refractivity contribution < 1.29 is 0 Å². The topological polar surface area (TPSA) is 0 Å². The van der Waals surface area contributed by atoms with Crippen LogP contribution >= 0.6 is 0 Å². The first kappa shape index (κ1) is 18.4. The molecule has 0 bridgehead atoms. The molecule has 110 valence electrons. The first-order valence-electron chi connectivity index (χ1n) is 7.73. The molecule has 0 aromatic heterocycles. The third-order valence-corrected chi connectivity index (χ3v) is 2.86. The number of hydrogen-bond acceptors (Lipinski definition) is 0. The van der Waals surface area contributed by atoms with E-state index in [0.717, 1.165) is 0 Å². The van der Waals surface area contributed by atoms with E-state index in [1.54, 1.807) is 0 Å². The van der Waals surface area contributed by atoms with Crippen molar-refractivity contribution in [2.45, 2.75) is 53.9 Å². The molecule has 0 heterocycles. The maximum atomic E-state index is 2.24. The van der Waals surface area contributed by atoms with E-state index in [4.69, 9.17) is 0 Å². The molecule has 2 rings (SSSR count). The normalized spacial score (nSPS) is 9.75. The molecule has 2 aromatic carbocycles. The lowest BCUT2D eigenvalue weighted by Crippen LogP contribution is -2.10. The van der Waals surface area contributed by atoms with Crippen molar-refractivity contribution in [3.05, 3.63) is 60.2 Å². The average molecular weight is 270 g/mol. The van der Waals surface area contributed by atoms with Gasteiger partial charge in [-0.2, -0.15) is 0 Å². The summed E-state index contributed by atoms with van der Waals surface area (Å²) >= 11 is 0. The Balaban J connectivity index is 0.000000829. The van der Waals surface area contributed by atoms with Crippen LogP contribution in [0.5, 0.6) is 0 Å². The second kappa shape index (κ2) is 9.36. The minimum atomic E-state index is 0.231. The Hall–Kier alpha value is -1.56. The second-order valence-electron chi connectivity index (χ2n) is 5.19. The summed E-state index contributed by atoms with van der Waals surface area (Å²) < 4.78 is 0. The van der Waals surface area contributed by atoms with Crippen LogP contribution in [0.1, 0.15) is 54.0 Å². The molecular weight excluding hydrogens is 240 g/mol. The van der Waals surface area contributed by atoms with Crippen molar-refractivity contribution in [1.29, 1.82) is 0 Å². The molecule has 0 radical (unpaired) electrons. The van der Waals surface area contributed by atoms with Gasteiger partial charge in [0.15, 0.2) is 0 Å². The Bertz CT molecular complexity index is 444. The lowest BCUT2D eigenvalue weighted by Gasteiger charge is -2.19. The fraction of sp³-hybridized carbons (Fsp3) is 0.400. The molecule has 0 saturated heterocycles. The molecule has 0 spiro atoms. The van der Waals surface area contributed by atoms with Gasteiger partial charge in [0.1, 0.15) is 0 Å². The SMILES string of the molecule is CC.CC.CC(C)(C)c1ccc(-c2ccccc2)cc1. The highest BCUT2D eigenvalue weighted by Crippen LogP contribution is 2.25. The smallest absolute Gasteiger partial charge is 0.0132 e. The van der Waals surface area contributed by atoms with E-state index < -0.39 is 0 Å². The summed E-state index contributed by atoms with van der Waals surface area (Å²) in [7, 11) is 0. The van der Waals surface area contributed by atoms with Gasteiger partial charge in [-0.1, -0.05) is 103 Å². The summed E-state index contributed by atoms with van der Waals surface area (Å²) in [4.78, 5) is 0. The summed E-state index contributed by atoms with van der Waals surface area (Å²) in [6.45, 7) is 14.7. The standard InChI is InChI=1S/C16H18.2C2H6/c1-16(2,3)15-11-9-14(10-12-15)13-7-5-4-6-8-13;2*1-2/h4-12H,1-3H3;2*1-2H3. The van der Waals surface area contributed by atoms with Crippen LogP contribution in [0.2, 0.25) is 0 Å². The van der Waals surface area contributed by atoms with Crippen LogP contribution in [0.3, 0.4) is 0 Å². The molecule has 0 saturated carbocycles. The van der Waals surface area contributed by atoms with Crippen LogP contribution in [0.15, 0.2) is 54.6 Å². The second-order valence-corrected chi connectivity index (χ2v) is 5.19. The van der Waals surface area contributed by atoms with E-state index in [9.17, 15) is 0 Å². The lowest BCUT2D eigenvalue weighted by atomic mass is 9.86. The van der Waals surface area contributed by atoms with Crippen LogP contribution in [-0.2, 0) is 5.41 Å². The van der Waals surface area contributed by atoms with Crippen LogP contribution in [0.25, 0.3) is 11.1 Å². The summed E-state index contributed by atoms with van der Waals surface area (Å²) in [5.41, 5.74) is 4.18. The van der Waals surface area contributed by atoms with Gasteiger partial charge in [0.25, 0.3) is 0 Å². The largest absolute Gasteiger partial charge is 0.0683 e. The molecule has 2 aromatic rings. The van der Waals surface area contributed by atoms with Crippen molar-refractivity contribution in [2.24, 2.45) is 0 Å². The zero-order chi connectivity index (χ0) is 15.6. The van der Waals surface area contributed by atoms with Crippen molar-refractivity contribution in [2.75, 3.05) is 0 Å². The van der Waals surface area contributed by atoms with Crippen LogP contribution in [-0.4, -0.2) is 0 Å². The van der Waals surface area contributed by atoms with Crippen LogP contribution in [0.4, 0.5) is 0 Å². The molecule has 0 aliphatic heterocycles. The van der Waals surface area contributed by atoms with Crippen molar-refractivity contribution in [3.8, 4) is 11.1 Å². The van der Waals surface area contributed by atoms with Crippen molar-refractivity contribution in [1.82, 2.24) is 0 Å². The molecule has 0 aliphatic carbocycles. The summed E-state index contributed by atoms with van der Waals surface area (Å²) in [5.74, 6) is 0. The molecule has 0 amide bonds. The molecule has 0 nitrogen and oxygen atoms in total. The Morgan fingerprint density at radius 3 is 1.35 bits per heavy atom. The number of rotatable bonds is 1. The molecular formula is C20H30. The average Bonchev–Trinajstić information content (AvgIpc) is 2.51. The predicted molar refractivity (Wildman–Crippen MR) is 93.3 cm³/mol. The summed E-state index contributed by atoms with van der Waals surface area (Å²) in [6, 6.07) is 19.3. The fourth-order valence-corrected chi connectivity index (χ4v) is 1.79. The van der Waals surface area contributed by atoms with Gasteiger partial charge in [-0.15, -0.1) is 0 Å².